The number of aliphatic imine (C=N–C) groups is 1. The van der Waals surface area contributed by atoms with E-state index in [1.54, 1.807) is 54.0 Å². The van der Waals surface area contributed by atoms with Crippen LogP contribution in [0.5, 0.6) is 5.75 Å². The van der Waals surface area contributed by atoms with E-state index < -0.39 is 41.3 Å². The fraction of sp³-hybridized carbons (Fsp3) is 0.444. The summed E-state index contributed by atoms with van der Waals surface area (Å²) in [6.07, 6.45) is -0.515. The lowest BCUT2D eigenvalue weighted by Crippen LogP contribution is -2.54. The molecular formula is C45H57N9O9. The predicted molar refractivity (Wildman–Crippen MR) is 236 cm³/mol. The van der Waals surface area contributed by atoms with Crippen molar-refractivity contribution in [3.63, 3.8) is 0 Å². The average Bonchev–Trinajstić information content (AvgIpc) is 3.59. The fourth-order valence-electron chi connectivity index (χ4n) is 7.93. The summed E-state index contributed by atoms with van der Waals surface area (Å²) in [6.45, 7) is 9.78. The van der Waals surface area contributed by atoms with E-state index in [0.717, 1.165) is 10.9 Å². The van der Waals surface area contributed by atoms with Gasteiger partial charge in [0.25, 0.3) is 5.56 Å². The molecule has 0 saturated heterocycles. The molecule has 336 valence electrons. The molecule has 0 unspecified atom stereocenters. The van der Waals surface area contributed by atoms with E-state index in [9.17, 15) is 29.1 Å². The minimum atomic E-state index is -1.98. The van der Waals surface area contributed by atoms with Gasteiger partial charge >= 0.3 is 12.1 Å². The summed E-state index contributed by atoms with van der Waals surface area (Å²) in [5, 5.41) is 20.4. The van der Waals surface area contributed by atoms with Gasteiger partial charge in [-0.1, -0.05) is 46.8 Å². The van der Waals surface area contributed by atoms with Gasteiger partial charge in [0.05, 0.1) is 35.1 Å². The van der Waals surface area contributed by atoms with Gasteiger partial charge in [0.1, 0.15) is 25.0 Å². The molecule has 2 aliphatic heterocycles. The highest BCUT2D eigenvalue weighted by Gasteiger charge is 2.51. The van der Waals surface area contributed by atoms with Gasteiger partial charge in [-0.05, 0) is 81.2 Å². The minimum absolute atomic E-state index is 0.0346. The van der Waals surface area contributed by atoms with E-state index in [2.05, 4.69) is 20.9 Å². The van der Waals surface area contributed by atoms with Crippen molar-refractivity contribution in [3.8, 4) is 17.1 Å². The molecule has 2 amide bonds. The highest BCUT2D eigenvalue weighted by atomic mass is 16.7. The van der Waals surface area contributed by atoms with Crippen LogP contribution < -0.4 is 33.0 Å². The molecule has 2 aliphatic rings. The molecule has 0 spiro atoms. The van der Waals surface area contributed by atoms with E-state index in [-0.39, 0.29) is 79.8 Å². The van der Waals surface area contributed by atoms with Gasteiger partial charge < -0.3 is 56.2 Å². The van der Waals surface area contributed by atoms with Crippen LogP contribution in [0.15, 0.2) is 58.3 Å². The Morgan fingerprint density at radius 1 is 1.05 bits per heavy atom. The molecule has 2 aromatic carbocycles. The highest BCUT2D eigenvalue weighted by Crippen LogP contribution is 2.42. The predicted octanol–water partition coefficient (Wildman–Crippen LogP) is 3.71. The van der Waals surface area contributed by atoms with Gasteiger partial charge in [-0.2, -0.15) is 0 Å². The lowest BCUT2D eigenvalue weighted by Gasteiger charge is -2.35. The number of phenolic OH excluding ortho intramolecular Hbond substituents is 1. The third-order valence-electron chi connectivity index (χ3n) is 11.1. The van der Waals surface area contributed by atoms with Gasteiger partial charge in [-0.25, -0.2) is 14.6 Å². The zero-order valence-corrected chi connectivity index (χ0v) is 36.7. The Labute approximate surface area is 365 Å². The number of pyridine rings is 2. The van der Waals surface area contributed by atoms with Crippen molar-refractivity contribution < 1.29 is 38.5 Å². The van der Waals surface area contributed by atoms with Crippen LogP contribution in [0, 0.1) is 5.92 Å². The molecule has 3 atom stereocenters. The van der Waals surface area contributed by atoms with Gasteiger partial charge in [-0.3, -0.25) is 19.4 Å². The number of aromatic nitrogens is 2. The monoisotopic (exact) mass is 867 g/mol. The van der Waals surface area contributed by atoms with Gasteiger partial charge in [0.2, 0.25) is 17.4 Å². The number of carbonyl (C=O) groups excluding carboxylic acids is 4. The largest absolute Gasteiger partial charge is 0.510 e. The second-order valence-corrected chi connectivity index (χ2v) is 16.8. The first-order chi connectivity index (χ1) is 29.9. The number of nitrogens with zero attached hydrogens (tertiary/aromatic N) is 4. The number of ether oxygens (including phenoxy) is 3. The van der Waals surface area contributed by atoms with Crippen LogP contribution in [0.4, 0.5) is 10.5 Å². The van der Waals surface area contributed by atoms with Crippen LogP contribution in [0.1, 0.15) is 81.7 Å². The van der Waals surface area contributed by atoms with Crippen LogP contribution >= 0.6 is 0 Å². The zero-order valence-electron chi connectivity index (χ0n) is 36.7. The Bertz CT molecular complexity index is 2480. The lowest BCUT2D eigenvalue weighted by atomic mass is 9.85. The summed E-state index contributed by atoms with van der Waals surface area (Å²) in [5.74, 6) is -1.54. The second-order valence-electron chi connectivity index (χ2n) is 16.8. The van der Waals surface area contributed by atoms with Crippen molar-refractivity contribution in [2.24, 2.45) is 22.4 Å². The molecular weight excluding hydrogens is 811 g/mol. The first kappa shape index (κ1) is 46.0. The van der Waals surface area contributed by atoms with Crippen LogP contribution in [0.2, 0.25) is 0 Å². The van der Waals surface area contributed by atoms with Gasteiger partial charge in [0, 0.05) is 46.9 Å². The van der Waals surface area contributed by atoms with Crippen molar-refractivity contribution in [1.82, 2.24) is 25.1 Å². The standard InChI is InChI=1S/C45H57N9O9/c1-8-45(32-19-35-38-27(20-54(35)41(58)31(32)23-61-42(45)59)18-29-30(21-53(6)7)36(55)16-15-33(29)51-38)63-44(60)62-22-26-11-13-28(14-12-26)50-39(56)34(10-9-17-48-43(46)47)52-40(57)37(24(2)3)49-25(4)5/h11-16,18-19,24-25,34,37,49,55H,8-10,17,20-23H2,1-7H3,(H,50,56)(H,52,57)(H4,46,47,48)/t34-,37-,45-/m0/s1. The molecule has 0 saturated carbocycles. The quantitative estimate of drug-likeness (QED) is 0.0337. The summed E-state index contributed by atoms with van der Waals surface area (Å²) in [5.41, 5.74) is 13.0. The fourth-order valence-corrected chi connectivity index (χ4v) is 7.93. The van der Waals surface area contributed by atoms with Crippen molar-refractivity contribution in [1.29, 1.82) is 0 Å². The summed E-state index contributed by atoms with van der Waals surface area (Å²) in [7, 11) is 3.80. The number of aromatic hydroxyl groups is 1. The van der Waals surface area contributed by atoms with E-state index in [0.29, 0.717) is 46.7 Å². The number of rotatable bonds is 17. The van der Waals surface area contributed by atoms with Crippen LogP contribution in [-0.2, 0) is 60.5 Å². The summed E-state index contributed by atoms with van der Waals surface area (Å²) >= 11 is 0. The first-order valence-corrected chi connectivity index (χ1v) is 21.0. The Morgan fingerprint density at radius 2 is 1.78 bits per heavy atom. The number of nitrogens with two attached hydrogens (primary N) is 2. The van der Waals surface area contributed by atoms with Crippen molar-refractivity contribution >= 4 is 46.5 Å². The molecule has 8 N–H and O–H groups in total. The van der Waals surface area contributed by atoms with Crippen molar-refractivity contribution in [3.05, 3.63) is 86.7 Å². The maximum Gasteiger partial charge on any atom is 0.510 e. The lowest BCUT2D eigenvalue weighted by molar-refractivity contribution is -0.175. The molecule has 0 bridgehead atoms. The highest BCUT2D eigenvalue weighted by molar-refractivity contribution is 5.98. The Morgan fingerprint density at radius 3 is 2.43 bits per heavy atom. The van der Waals surface area contributed by atoms with Gasteiger partial charge in [0.15, 0.2) is 5.96 Å². The number of nitrogens with one attached hydrogen (secondary N) is 3. The molecule has 63 heavy (non-hydrogen) atoms. The van der Waals surface area contributed by atoms with E-state index >= 15 is 0 Å². The van der Waals surface area contributed by atoms with E-state index in [4.69, 9.17) is 30.7 Å². The maximum atomic E-state index is 14.1. The smallest absolute Gasteiger partial charge is 0.508 e. The number of guanidine groups is 1. The molecule has 0 radical (unpaired) electrons. The molecule has 6 rings (SSSR count). The normalized spacial score (nSPS) is 16.2. The number of cyclic esters (lactones) is 1. The number of phenols is 1. The number of benzene rings is 2. The number of anilines is 1. The molecule has 2 aromatic heterocycles. The SMILES string of the molecule is CC[C@@]1(OC(=O)OCc2ccc(NC(=O)[C@H](CCCN=C(N)N)NC(=O)[C@@H](NC(C)C)C(C)C)cc2)C(=O)OCc2c1cc1n(c2=O)Cc2cc3c(CN(C)C)c(O)ccc3nc2-1. The number of esters is 1. The number of fused-ring (bicyclic) bond motifs is 5. The average molecular weight is 868 g/mol. The summed E-state index contributed by atoms with van der Waals surface area (Å²) in [4.78, 5) is 78.6. The molecule has 0 aliphatic carbocycles. The third kappa shape index (κ3) is 10.1. The van der Waals surface area contributed by atoms with Crippen LogP contribution in [0.3, 0.4) is 0 Å². The van der Waals surface area contributed by atoms with Gasteiger partial charge in [-0.15, -0.1) is 0 Å². The molecule has 0 fully saturated rings. The number of amides is 2. The third-order valence-corrected chi connectivity index (χ3v) is 11.1. The minimum Gasteiger partial charge on any atom is -0.508 e. The molecule has 4 aromatic rings. The van der Waals surface area contributed by atoms with Crippen molar-refractivity contribution in [2.45, 2.75) is 104 Å². The topological polar surface area (TPSA) is 255 Å². The number of carbonyl (C=O) groups is 4. The Kier molecular flexibility index (Phi) is 14.0. The van der Waals surface area contributed by atoms with E-state index in [1.165, 1.54) is 0 Å². The first-order valence-electron chi connectivity index (χ1n) is 21.0. The van der Waals surface area contributed by atoms with E-state index in [1.807, 2.05) is 52.8 Å². The second kappa shape index (κ2) is 19.2. The Balaban J connectivity index is 1.16. The van der Waals surface area contributed by atoms with Crippen LogP contribution in [-0.4, -0.2) is 88.2 Å². The summed E-state index contributed by atoms with van der Waals surface area (Å²) < 4.78 is 18.3. The number of hydrogen-bond acceptors (Lipinski definition) is 13. The maximum absolute atomic E-state index is 14.1. The van der Waals surface area contributed by atoms with Crippen molar-refractivity contribution in [2.75, 3.05) is 26.0 Å². The molecule has 18 nitrogen and oxygen atoms in total. The Hall–Kier alpha value is -6.53. The molecule has 4 heterocycles. The zero-order chi connectivity index (χ0) is 45.7. The molecule has 18 heteroatoms. The number of hydrogen-bond donors (Lipinski definition) is 6. The summed E-state index contributed by atoms with van der Waals surface area (Å²) in [6, 6.07) is 12.1. The van der Waals surface area contributed by atoms with Crippen LogP contribution in [0.25, 0.3) is 22.3 Å².